The molecule has 0 aromatic carbocycles. The summed E-state index contributed by atoms with van der Waals surface area (Å²) in [6.07, 6.45) is 6.51. The lowest BCUT2D eigenvalue weighted by Crippen LogP contribution is -2.32. The maximum atomic E-state index is 13.7. The van der Waals surface area contributed by atoms with Gasteiger partial charge in [0.05, 0.1) is 38.3 Å². The number of nitrogen functional groups attached to an aromatic ring is 1. The van der Waals surface area contributed by atoms with Crippen LogP contribution in [-0.2, 0) is 4.74 Å². The van der Waals surface area contributed by atoms with E-state index in [9.17, 15) is 4.79 Å². The molecule has 1 saturated carbocycles. The molecule has 164 valence electrons. The number of hydrogen-bond acceptors (Lipinski definition) is 8. The number of nitrogens with zero attached hydrogens (tertiary/aromatic N) is 4. The van der Waals surface area contributed by atoms with Crippen molar-refractivity contribution < 1.29 is 14.6 Å². The fraction of sp³-hybridized carbons (Fsp3) is 0.455. The molecule has 0 radical (unpaired) electrons. The topological polar surface area (TPSA) is 125 Å². The maximum absolute atomic E-state index is 13.7. The van der Waals surface area contributed by atoms with Gasteiger partial charge in [-0.15, -0.1) is 0 Å². The zero-order chi connectivity index (χ0) is 22.0. The van der Waals surface area contributed by atoms with E-state index in [2.05, 4.69) is 15.0 Å². The standard InChI is InChI=1S/C22H27N5O4/c1-13-18-10-19(14-9-17(30-2)12-24-11-14)21(29)27(20(18)26-22(23)25-13)15-3-5-16(6-4-15)31-8-7-28/h9-12,15-16,28H,3-8H2,1-2H3,(H2,23,25,26). The highest BCUT2D eigenvalue weighted by molar-refractivity contribution is 5.84. The number of ether oxygens (including phenoxy) is 2. The number of aryl methyl sites for hydroxylation is 1. The van der Waals surface area contributed by atoms with Gasteiger partial charge in [0.1, 0.15) is 11.4 Å². The van der Waals surface area contributed by atoms with Gasteiger partial charge in [-0.1, -0.05) is 0 Å². The van der Waals surface area contributed by atoms with E-state index in [1.165, 1.54) is 0 Å². The molecule has 0 atom stereocenters. The molecule has 9 heteroatoms. The van der Waals surface area contributed by atoms with Crippen LogP contribution in [0.2, 0.25) is 0 Å². The molecule has 0 bridgehead atoms. The van der Waals surface area contributed by atoms with Crippen molar-refractivity contribution in [3.8, 4) is 16.9 Å². The van der Waals surface area contributed by atoms with Gasteiger partial charge in [0, 0.05) is 28.8 Å². The smallest absolute Gasteiger partial charge is 0.260 e. The second-order valence-electron chi connectivity index (χ2n) is 7.78. The van der Waals surface area contributed by atoms with E-state index in [4.69, 9.17) is 20.3 Å². The maximum Gasteiger partial charge on any atom is 0.260 e. The first-order valence-electron chi connectivity index (χ1n) is 10.4. The molecule has 31 heavy (non-hydrogen) atoms. The zero-order valence-corrected chi connectivity index (χ0v) is 17.7. The number of hydrogen-bond donors (Lipinski definition) is 2. The average molecular weight is 425 g/mol. The van der Waals surface area contributed by atoms with Gasteiger partial charge in [-0.25, -0.2) is 4.98 Å². The third-order valence-electron chi connectivity index (χ3n) is 5.81. The Morgan fingerprint density at radius 3 is 2.68 bits per heavy atom. The molecule has 1 aliphatic rings. The van der Waals surface area contributed by atoms with Crippen molar-refractivity contribution in [3.63, 3.8) is 0 Å². The summed E-state index contributed by atoms with van der Waals surface area (Å²) in [6, 6.07) is 3.58. The highest BCUT2D eigenvalue weighted by Gasteiger charge is 2.27. The molecule has 3 N–H and O–H groups in total. The minimum absolute atomic E-state index is 0.0100. The number of aromatic nitrogens is 4. The van der Waals surface area contributed by atoms with Crippen LogP contribution in [0, 0.1) is 6.92 Å². The highest BCUT2D eigenvalue weighted by atomic mass is 16.5. The average Bonchev–Trinajstić information content (AvgIpc) is 2.78. The third-order valence-corrected chi connectivity index (χ3v) is 5.81. The third kappa shape index (κ3) is 4.24. The predicted octanol–water partition coefficient (Wildman–Crippen LogP) is 2.25. The van der Waals surface area contributed by atoms with Gasteiger partial charge in [0.15, 0.2) is 0 Å². The molecule has 0 unspecified atom stereocenters. The van der Waals surface area contributed by atoms with Crippen LogP contribution < -0.4 is 16.0 Å². The van der Waals surface area contributed by atoms with Gasteiger partial charge < -0.3 is 20.3 Å². The summed E-state index contributed by atoms with van der Waals surface area (Å²) in [7, 11) is 1.57. The normalized spacial score (nSPS) is 18.9. The summed E-state index contributed by atoms with van der Waals surface area (Å²) in [5.41, 5.74) is 8.26. The van der Waals surface area contributed by atoms with Gasteiger partial charge in [-0.05, 0) is 44.7 Å². The minimum atomic E-state index is -0.139. The van der Waals surface area contributed by atoms with Gasteiger partial charge in [-0.2, -0.15) is 4.98 Å². The number of methoxy groups -OCH3 is 1. The van der Waals surface area contributed by atoms with Crippen molar-refractivity contribution in [3.05, 3.63) is 40.6 Å². The van der Waals surface area contributed by atoms with Crippen LogP contribution in [0.3, 0.4) is 0 Å². The van der Waals surface area contributed by atoms with Crippen LogP contribution in [0.5, 0.6) is 5.75 Å². The highest BCUT2D eigenvalue weighted by Crippen LogP contribution is 2.33. The van der Waals surface area contributed by atoms with Gasteiger partial charge in [-0.3, -0.25) is 14.3 Å². The number of pyridine rings is 2. The Morgan fingerprint density at radius 2 is 1.97 bits per heavy atom. The number of fused-ring (bicyclic) bond motifs is 1. The number of aliphatic hydroxyl groups excluding tert-OH is 1. The largest absolute Gasteiger partial charge is 0.495 e. The molecule has 9 nitrogen and oxygen atoms in total. The van der Waals surface area contributed by atoms with E-state index >= 15 is 0 Å². The summed E-state index contributed by atoms with van der Waals surface area (Å²) in [4.78, 5) is 26.6. The van der Waals surface area contributed by atoms with Crippen molar-refractivity contribution in [1.29, 1.82) is 0 Å². The minimum Gasteiger partial charge on any atom is -0.495 e. The van der Waals surface area contributed by atoms with Crippen LogP contribution >= 0.6 is 0 Å². The van der Waals surface area contributed by atoms with Crippen molar-refractivity contribution in [2.24, 2.45) is 0 Å². The quantitative estimate of drug-likeness (QED) is 0.616. The fourth-order valence-electron chi connectivity index (χ4n) is 4.29. The lowest BCUT2D eigenvalue weighted by Gasteiger charge is -2.30. The lowest BCUT2D eigenvalue weighted by molar-refractivity contribution is 0.00169. The number of nitrogens with two attached hydrogens (primary N) is 1. The van der Waals surface area contributed by atoms with E-state index in [0.717, 1.165) is 31.1 Å². The molecule has 0 spiro atoms. The predicted molar refractivity (Wildman–Crippen MR) is 117 cm³/mol. The van der Waals surface area contributed by atoms with E-state index in [1.54, 1.807) is 30.1 Å². The van der Waals surface area contributed by atoms with Crippen LogP contribution in [0.25, 0.3) is 22.2 Å². The molecule has 3 aromatic rings. The first-order valence-corrected chi connectivity index (χ1v) is 10.4. The van der Waals surface area contributed by atoms with Crippen LogP contribution in [0.1, 0.15) is 37.4 Å². The summed E-state index contributed by atoms with van der Waals surface area (Å²) in [6.45, 7) is 2.21. The summed E-state index contributed by atoms with van der Waals surface area (Å²) < 4.78 is 12.7. The molecule has 1 fully saturated rings. The van der Waals surface area contributed by atoms with Crippen LogP contribution in [0.4, 0.5) is 5.95 Å². The first kappa shape index (κ1) is 21.2. The molecule has 0 aliphatic heterocycles. The molecular formula is C22H27N5O4. The Bertz CT molecular complexity index is 1140. The summed E-state index contributed by atoms with van der Waals surface area (Å²) in [5.74, 6) is 0.726. The monoisotopic (exact) mass is 425 g/mol. The van der Waals surface area contributed by atoms with Crippen LogP contribution in [0.15, 0.2) is 29.3 Å². The molecule has 3 aromatic heterocycles. The van der Waals surface area contributed by atoms with E-state index in [0.29, 0.717) is 34.8 Å². The Kier molecular flexibility index (Phi) is 6.15. The Balaban J connectivity index is 1.83. The van der Waals surface area contributed by atoms with Crippen molar-refractivity contribution in [1.82, 2.24) is 19.5 Å². The molecule has 0 amide bonds. The number of aliphatic hydroxyl groups is 1. The molecule has 0 saturated heterocycles. The molecule has 3 heterocycles. The summed E-state index contributed by atoms with van der Waals surface area (Å²) in [5, 5.41) is 9.78. The van der Waals surface area contributed by atoms with Crippen LogP contribution in [-0.4, -0.2) is 51.1 Å². The second-order valence-corrected chi connectivity index (χ2v) is 7.78. The van der Waals surface area contributed by atoms with Gasteiger partial charge in [0.25, 0.3) is 5.56 Å². The Hall–Kier alpha value is -3.04. The Labute approximate surface area is 179 Å². The lowest BCUT2D eigenvalue weighted by atomic mass is 9.92. The van der Waals surface area contributed by atoms with Crippen molar-refractivity contribution in [2.75, 3.05) is 26.1 Å². The molecule has 4 rings (SSSR count). The van der Waals surface area contributed by atoms with Crippen molar-refractivity contribution >= 4 is 17.0 Å². The van der Waals surface area contributed by atoms with E-state index < -0.39 is 0 Å². The molecule has 1 aliphatic carbocycles. The van der Waals surface area contributed by atoms with Crippen molar-refractivity contribution in [2.45, 2.75) is 44.8 Å². The van der Waals surface area contributed by atoms with E-state index in [1.807, 2.05) is 13.0 Å². The Morgan fingerprint density at radius 1 is 1.19 bits per heavy atom. The first-order chi connectivity index (χ1) is 15.0. The van der Waals surface area contributed by atoms with Gasteiger partial charge in [0.2, 0.25) is 5.95 Å². The number of rotatable bonds is 6. The SMILES string of the molecule is COc1cncc(-c2cc3c(C)nc(N)nc3n(C3CCC(OCCO)CC3)c2=O)c1. The van der Waals surface area contributed by atoms with Gasteiger partial charge >= 0.3 is 0 Å². The van der Waals surface area contributed by atoms with E-state index in [-0.39, 0.29) is 30.3 Å². The molecular weight excluding hydrogens is 398 g/mol. The number of anilines is 1. The second kappa shape index (κ2) is 8.99. The summed E-state index contributed by atoms with van der Waals surface area (Å²) >= 11 is 0. The fourth-order valence-corrected chi connectivity index (χ4v) is 4.29. The zero-order valence-electron chi connectivity index (χ0n) is 17.7.